The molecule has 0 aliphatic heterocycles. The maximum Gasteiger partial charge on any atom is 0.170 e. The molecular formula is C13H14ClNO. The second-order valence-corrected chi connectivity index (χ2v) is 4.29. The molecule has 1 aromatic heterocycles. The van der Waals surface area contributed by atoms with E-state index in [4.69, 9.17) is 16.1 Å². The van der Waals surface area contributed by atoms with Crippen molar-refractivity contribution in [3.05, 3.63) is 41.6 Å². The monoisotopic (exact) mass is 235 g/mol. The molecule has 0 bridgehead atoms. The average molecular weight is 236 g/mol. The third kappa shape index (κ3) is 1.98. The predicted octanol–water partition coefficient (Wildman–Crippen LogP) is 4.20. The summed E-state index contributed by atoms with van der Waals surface area (Å²) in [7, 11) is 0. The van der Waals surface area contributed by atoms with Crippen LogP contribution in [0.2, 0.25) is 0 Å². The summed E-state index contributed by atoms with van der Waals surface area (Å²) in [6, 6.07) is 10.00. The van der Waals surface area contributed by atoms with Crippen LogP contribution >= 0.6 is 11.6 Å². The zero-order valence-electron chi connectivity index (χ0n) is 9.40. The van der Waals surface area contributed by atoms with E-state index in [2.05, 4.69) is 19.0 Å². The minimum atomic E-state index is 0.357. The Morgan fingerprint density at radius 2 is 1.94 bits per heavy atom. The van der Waals surface area contributed by atoms with Crippen molar-refractivity contribution in [3.63, 3.8) is 0 Å². The predicted molar refractivity (Wildman–Crippen MR) is 65.6 cm³/mol. The minimum absolute atomic E-state index is 0.357. The maximum absolute atomic E-state index is 5.85. The zero-order valence-corrected chi connectivity index (χ0v) is 10.2. The molecule has 0 aliphatic rings. The summed E-state index contributed by atoms with van der Waals surface area (Å²) in [5.74, 6) is 1.59. The van der Waals surface area contributed by atoms with Crippen molar-refractivity contribution in [2.75, 3.05) is 0 Å². The molecule has 2 aromatic rings. The van der Waals surface area contributed by atoms with E-state index in [9.17, 15) is 0 Å². The first kappa shape index (κ1) is 11.2. The highest BCUT2D eigenvalue weighted by atomic mass is 35.5. The molecule has 0 radical (unpaired) electrons. The molecule has 0 saturated carbocycles. The van der Waals surface area contributed by atoms with Gasteiger partial charge in [0.1, 0.15) is 5.69 Å². The maximum atomic E-state index is 5.85. The van der Waals surface area contributed by atoms with Crippen molar-refractivity contribution < 1.29 is 4.52 Å². The Kier molecular flexibility index (Phi) is 3.30. The number of hydrogen-bond donors (Lipinski definition) is 0. The molecule has 1 heterocycles. The van der Waals surface area contributed by atoms with Gasteiger partial charge in [-0.05, 0) is 5.92 Å². The minimum Gasteiger partial charge on any atom is -0.356 e. The molecule has 0 amide bonds. The Bertz CT molecular complexity index is 462. The van der Waals surface area contributed by atoms with Gasteiger partial charge < -0.3 is 4.52 Å². The van der Waals surface area contributed by atoms with E-state index >= 15 is 0 Å². The van der Waals surface area contributed by atoms with Gasteiger partial charge in [0, 0.05) is 11.1 Å². The summed E-state index contributed by atoms with van der Waals surface area (Å²) in [5, 5.41) is 4.03. The van der Waals surface area contributed by atoms with Crippen LogP contribution in [0.25, 0.3) is 11.3 Å². The van der Waals surface area contributed by atoms with Crippen molar-refractivity contribution >= 4 is 11.6 Å². The van der Waals surface area contributed by atoms with Gasteiger partial charge in [0.05, 0.1) is 5.88 Å². The van der Waals surface area contributed by atoms with Gasteiger partial charge in [-0.15, -0.1) is 11.6 Å². The number of halogens is 1. The van der Waals surface area contributed by atoms with Crippen LogP contribution in [0.4, 0.5) is 0 Å². The Morgan fingerprint density at radius 3 is 2.50 bits per heavy atom. The normalized spacial score (nSPS) is 11.0. The fourth-order valence-electron chi connectivity index (χ4n) is 1.82. The van der Waals surface area contributed by atoms with Crippen molar-refractivity contribution in [2.24, 2.45) is 0 Å². The van der Waals surface area contributed by atoms with Gasteiger partial charge in [0.15, 0.2) is 5.76 Å². The Labute approximate surface area is 100 Å². The molecule has 2 rings (SSSR count). The summed E-state index contributed by atoms with van der Waals surface area (Å²) >= 11 is 5.85. The summed E-state index contributed by atoms with van der Waals surface area (Å²) in [6.07, 6.45) is 0. The van der Waals surface area contributed by atoms with Crippen LogP contribution < -0.4 is 0 Å². The molecule has 0 N–H and O–H groups in total. The Balaban J connectivity index is 2.53. The third-order valence-electron chi connectivity index (χ3n) is 2.54. The molecule has 1 aromatic carbocycles. The Hall–Kier alpha value is -1.28. The fourth-order valence-corrected chi connectivity index (χ4v) is 2.01. The molecule has 0 fully saturated rings. The van der Waals surface area contributed by atoms with E-state index < -0.39 is 0 Å². The van der Waals surface area contributed by atoms with E-state index in [-0.39, 0.29) is 0 Å². The lowest BCUT2D eigenvalue weighted by atomic mass is 9.98. The first-order valence-corrected chi connectivity index (χ1v) is 5.87. The molecule has 0 atom stereocenters. The molecule has 0 unspecified atom stereocenters. The lowest BCUT2D eigenvalue weighted by Crippen LogP contribution is -1.93. The van der Waals surface area contributed by atoms with Gasteiger partial charge in [0.2, 0.25) is 0 Å². The van der Waals surface area contributed by atoms with E-state index in [1.165, 1.54) is 0 Å². The summed E-state index contributed by atoms with van der Waals surface area (Å²) in [6.45, 7) is 4.24. The number of nitrogens with zero attached hydrogens (tertiary/aromatic N) is 1. The van der Waals surface area contributed by atoms with Crippen molar-refractivity contribution in [1.29, 1.82) is 0 Å². The van der Waals surface area contributed by atoms with Gasteiger partial charge in [0.25, 0.3) is 0 Å². The first-order chi connectivity index (χ1) is 7.74. The quantitative estimate of drug-likeness (QED) is 0.745. The average Bonchev–Trinajstić information content (AvgIpc) is 2.73. The first-order valence-electron chi connectivity index (χ1n) is 5.34. The van der Waals surface area contributed by atoms with E-state index in [0.29, 0.717) is 11.8 Å². The number of benzene rings is 1. The van der Waals surface area contributed by atoms with Crippen LogP contribution in [0.5, 0.6) is 0 Å². The molecule has 0 aliphatic carbocycles. The van der Waals surface area contributed by atoms with Gasteiger partial charge >= 0.3 is 0 Å². The standard InChI is InChI=1S/C13H14ClNO/c1-9(2)12-11(8-14)15-16-13(12)10-6-4-3-5-7-10/h3-7,9H,8H2,1-2H3. The molecule has 2 nitrogen and oxygen atoms in total. The summed E-state index contributed by atoms with van der Waals surface area (Å²) < 4.78 is 5.40. The summed E-state index contributed by atoms with van der Waals surface area (Å²) in [4.78, 5) is 0. The van der Waals surface area contributed by atoms with Crippen LogP contribution in [0, 0.1) is 0 Å². The molecule has 84 valence electrons. The van der Waals surface area contributed by atoms with Gasteiger partial charge in [-0.2, -0.15) is 0 Å². The van der Waals surface area contributed by atoms with Gasteiger partial charge in [-0.3, -0.25) is 0 Å². The van der Waals surface area contributed by atoms with Crippen molar-refractivity contribution in [3.8, 4) is 11.3 Å². The molecule has 16 heavy (non-hydrogen) atoms. The number of hydrogen-bond acceptors (Lipinski definition) is 2. The topological polar surface area (TPSA) is 26.0 Å². The van der Waals surface area contributed by atoms with Crippen LogP contribution in [0.1, 0.15) is 31.0 Å². The fraction of sp³-hybridized carbons (Fsp3) is 0.308. The van der Waals surface area contributed by atoms with Gasteiger partial charge in [-0.1, -0.05) is 49.3 Å². The van der Waals surface area contributed by atoms with E-state index in [1.54, 1.807) is 0 Å². The highest BCUT2D eigenvalue weighted by Crippen LogP contribution is 2.32. The highest BCUT2D eigenvalue weighted by Gasteiger charge is 2.19. The number of aromatic nitrogens is 1. The highest BCUT2D eigenvalue weighted by molar-refractivity contribution is 6.17. The van der Waals surface area contributed by atoms with Crippen LogP contribution in [-0.2, 0) is 5.88 Å². The second kappa shape index (κ2) is 4.71. The van der Waals surface area contributed by atoms with Crippen molar-refractivity contribution in [1.82, 2.24) is 5.16 Å². The van der Waals surface area contributed by atoms with Crippen LogP contribution in [-0.4, -0.2) is 5.16 Å². The largest absolute Gasteiger partial charge is 0.356 e. The molecular weight excluding hydrogens is 222 g/mol. The van der Waals surface area contributed by atoms with Crippen LogP contribution in [0.3, 0.4) is 0 Å². The Morgan fingerprint density at radius 1 is 1.25 bits per heavy atom. The zero-order chi connectivity index (χ0) is 11.5. The molecule has 0 spiro atoms. The smallest absolute Gasteiger partial charge is 0.170 e. The van der Waals surface area contributed by atoms with Crippen LogP contribution in [0.15, 0.2) is 34.9 Å². The summed E-state index contributed by atoms with van der Waals surface area (Å²) in [5.41, 5.74) is 3.01. The SMILES string of the molecule is CC(C)c1c(CCl)noc1-c1ccccc1. The lowest BCUT2D eigenvalue weighted by molar-refractivity contribution is 0.426. The lowest BCUT2D eigenvalue weighted by Gasteiger charge is -2.05. The number of alkyl halides is 1. The second-order valence-electron chi connectivity index (χ2n) is 4.03. The van der Waals surface area contributed by atoms with Gasteiger partial charge in [-0.25, -0.2) is 0 Å². The number of rotatable bonds is 3. The van der Waals surface area contributed by atoms with E-state index in [0.717, 1.165) is 22.6 Å². The van der Waals surface area contributed by atoms with Crippen molar-refractivity contribution in [2.45, 2.75) is 25.6 Å². The molecule has 0 saturated heterocycles. The van der Waals surface area contributed by atoms with E-state index in [1.807, 2.05) is 30.3 Å². The molecule has 3 heteroatoms. The third-order valence-corrected chi connectivity index (χ3v) is 2.80.